The first-order valence-electron chi connectivity index (χ1n) is 8.60. The Morgan fingerprint density at radius 3 is 2.65 bits per heavy atom. The lowest BCUT2D eigenvalue weighted by Crippen LogP contribution is -2.13. The predicted molar refractivity (Wildman–Crippen MR) is 105 cm³/mol. The Bertz CT molecular complexity index is 1030. The van der Waals surface area contributed by atoms with Crippen LogP contribution in [0, 0.1) is 13.8 Å². The topological polar surface area (TPSA) is 79.4 Å². The van der Waals surface area contributed by atoms with Gasteiger partial charge in [-0.1, -0.05) is 36.8 Å². The highest BCUT2D eigenvalue weighted by molar-refractivity contribution is 7.17. The summed E-state index contributed by atoms with van der Waals surface area (Å²) in [5.41, 5.74) is 3.56. The van der Waals surface area contributed by atoms with Crippen LogP contribution in [0.15, 0.2) is 36.0 Å². The van der Waals surface area contributed by atoms with Gasteiger partial charge in [-0.3, -0.25) is 5.10 Å². The highest BCUT2D eigenvalue weighted by Crippen LogP contribution is 2.37. The molecular formula is C19H20N6S. The second kappa shape index (κ2) is 6.84. The number of nitrogens with one attached hydrogen (secondary N) is 2. The second-order valence-electron chi connectivity index (χ2n) is 6.30. The van der Waals surface area contributed by atoms with Crippen LogP contribution < -0.4 is 5.32 Å². The molecule has 0 amide bonds. The van der Waals surface area contributed by atoms with Crippen LogP contribution in [-0.2, 0) is 0 Å². The average molecular weight is 364 g/mol. The zero-order chi connectivity index (χ0) is 18.1. The van der Waals surface area contributed by atoms with Crippen molar-refractivity contribution in [1.29, 1.82) is 0 Å². The van der Waals surface area contributed by atoms with Crippen molar-refractivity contribution in [2.24, 2.45) is 0 Å². The summed E-state index contributed by atoms with van der Waals surface area (Å²) in [6.07, 6.45) is 2.46. The van der Waals surface area contributed by atoms with Gasteiger partial charge in [-0.15, -0.1) is 11.3 Å². The highest BCUT2D eigenvalue weighted by Gasteiger charge is 2.19. The number of nitrogens with zero attached hydrogens (tertiary/aromatic N) is 4. The highest BCUT2D eigenvalue weighted by atomic mass is 32.1. The standard InChI is InChI=1S/C19H20N6S/c1-4-15(17-22-12(3)24-25-17)23-18-16-14(9-26-19(16)21-10-20-18)13-7-5-11(2)6-8-13/h5-10,15H,4H2,1-3H3,(H,20,21,23)(H,22,24,25). The van der Waals surface area contributed by atoms with E-state index >= 15 is 0 Å². The zero-order valence-electron chi connectivity index (χ0n) is 14.9. The number of benzene rings is 1. The maximum Gasteiger partial charge on any atom is 0.172 e. The van der Waals surface area contributed by atoms with E-state index in [0.717, 1.165) is 39.7 Å². The lowest BCUT2D eigenvalue weighted by Gasteiger charge is -2.15. The Morgan fingerprint density at radius 2 is 1.96 bits per heavy atom. The Labute approximate surface area is 155 Å². The molecule has 4 rings (SSSR count). The summed E-state index contributed by atoms with van der Waals surface area (Å²) in [5.74, 6) is 2.38. The molecular weight excluding hydrogens is 344 g/mol. The van der Waals surface area contributed by atoms with Gasteiger partial charge in [-0.2, -0.15) is 5.10 Å². The first kappa shape index (κ1) is 16.7. The van der Waals surface area contributed by atoms with Crippen LogP contribution in [0.5, 0.6) is 0 Å². The van der Waals surface area contributed by atoms with Crippen LogP contribution >= 0.6 is 11.3 Å². The van der Waals surface area contributed by atoms with E-state index in [1.165, 1.54) is 11.1 Å². The van der Waals surface area contributed by atoms with Crippen molar-refractivity contribution in [2.75, 3.05) is 5.32 Å². The first-order chi connectivity index (χ1) is 12.7. The SMILES string of the molecule is CCC(Nc1ncnc2scc(-c3ccc(C)cc3)c12)c1n[nH]c(C)n1. The molecule has 1 atom stereocenters. The number of hydrogen-bond acceptors (Lipinski definition) is 6. The van der Waals surface area contributed by atoms with Gasteiger partial charge in [0, 0.05) is 10.9 Å². The van der Waals surface area contributed by atoms with Crippen LogP contribution in [-0.4, -0.2) is 25.1 Å². The van der Waals surface area contributed by atoms with Gasteiger partial charge >= 0.3 is 0 Å². The lowest BCUT2D eigenvalue weighted by molar-refractivity contribution is 0.694. The molecule has 26 heavy (non-hydrogen) atoms. The van der Waals surface area contributed by atoms with Crippen LogP contribution in [0.4, 0.5) is 5.82 Å². The minimum atomic E-state index is -0.0104. The third kappa shape index (κ3) is 3.06. The fourth-order valence-electron chi connectivity index (χ4n) is 2.96. The van der Waals surface area contributed by atoms with Crippen molar-refractivity contribution in [3.63, 3.8) is 0 Å². The summed E-state index contributed by atoms with van der Waals surface area (Å²) in [6.45, 7) is 6.10. The first-order valence-corrected chi connectivity index (χ1v) is 9.48. The molecule has 1 unspecified atom stereocenters. The van der Waals surface area contributed by atoms with Gasteiger partial charge < -0.3 is 5.32 Å². The summed E-state index contributed by atoms with van der Waals surface area (Å²) < 4.78 is 0. The zero-order valence-corrected chi connectivity index (χ0v) is 15.8. The van der Waals surface area contributed by atoms with E-state index in [4.69, 9.17) is 0 Å². The summed E-state index contributed by atoms with van der Waals surface area (Å²) in [5, 5.41) is 13.9. The molecule has 0 aliphatic heterocycles. The van der Waals surface area contributed by atoms with E-state index < -0.39 is 0 Å². The molecule has 0 radical (unpaired) electrons. The number of aromatic nitrogens is 5. The molecule has 3 heterocycles. The summed E-state index contributed by atoms with van der Waals surface area (Å²) in [7, 11) is 0. The number of fused-ring (bicyclic) bond motifs is 1. The minimum absolute atomic E-state index is 0.0104. The van der Waals surface area contributed by atoms with Crippen LogP contribution in [0.3, 0.4) is 0 Å². The van der Waals surface area contributed by atoms with E-state index in [2.05, 4.69) is 74.0 Å². The Hall–Kier alpha value is -2.80. The quantitative estimate of drug-likeness (QED) is 0.538. The summed E-state index contributed by atoms with van der Waals surface area (Å²) in [4.78, 5) is 14.4. The third-order valence-electron chi connectivity index (χ3n) is 4.38. The van der Waals surface area contributed by atoms with Gasteiger partial charge in [-0.25, -0.2) is 15.0 Å². The molecule has 3 aromatic heterocycles. The monoisotopic (exact) mass is 364 g/mol. The molecule has 7 heteroatoms. The molecule has 4 aromatic rings. The Kier molecular flexibility index (Phi) is 4.38. The normalized spacial score (nSPS) is 12.4. The van der Waals surface area contributed by atoms with E-state index in [1.807, 2.05) is 6.92 Å². The molecule has 0 spiro atoms. The number of anilines is 1. The molecule has 132 valence electrons. The molecule has 0 fully saturated rings. The molecule has 0 saturated heterocycles. The lowest BCUT2D eigenvalue weighted by atomic mass is 10.0. The van der Waals surface area contributed by atoms with Crippen LogP contribution in [0.25, 0.3) is 21.3 Å². The van der Waals surface area contributed by atoms with E-state index in [9.17, 15) is 0 Å². The fourth-order valence-corrected chi connectivity index (χ4v) is 3.88. The Morgan fingerprint density at radius 1 is 1.15 bits per heavy atom. The largest absolute Gasteiger partial charge is 0.359 e. The molecule has 0 aliphatic rings. The number of thiophene rings is 1. The van der Waals surface area contributed by atoms with Gasteiger partial charge in [0.1, 0.15) is 22.8 Å². The van der Waals surface area contributed by atoms with E-state index in [-0.39, 0.29) is 6.04 Å². The molecule has 0 aliphatic carbocycles. The van der Waals surface area contributed by atoms with Gasteiger partial charge in [0.15, 0.2) is 5.82 Å². The molecule has 0 saturated carbocycles. The Balaban J connectivity index is 1.77. The smallest absolute Gasteiger partial charge is 0.172 e. The average Bonchev–Trinajstić information content (AvgIpc) is 3.27. The van der Waals surface area contributed by atoms with Gasteiger partial charge in [0.05, 0.1) is 11.4 Å². The molecule has 2 N–H and O–H groups in total. The van der Waals surface area contributed by atoms with Crippen molar-refractivity contribution in [3.05, 3.63) is 53.2 Å². The second-order valence-corrected chi connectivity index (χ2v) is 7.16. The number of hydrogen-bond donors (Lipinski definition) is 2. The minimum Gasteiger partial charge on any atom is -0.359 e. The van der Waals surface area contributed by atoms with Crippen LogP contribution in [0.2, 0.25) is 0 Å². The van der Waals surface area contributed by atoms with Gasteiger partial charge in [0.2, 0.25) is 0 Å². The van der Waals surface area contributed by atoms with Crippen molar-refractivity contribution >= 4 is 27.4 Å². The maximum atomic E-state index is 4.52. The molecule has 1 aromatic carbocycles. The van der Waals surface area contributed by atoms with Crippen molar-refractivity contribution in [3.8, 4) is 11.1 Å². The third-order valence-corrected chi connectivity index (χ3v) is 5.26. The maximum absolute atomic E-state index is 4.52. The van der Waals surface area contributed by atoms with Gasteiger partial charge in [-0.05, 0) is 25.8 Å². The predicted octanol–water partition coefficient (Wildman–Crippen LogP) is 4.66. The number of H-pyrrole nitrogens is 1. The fraction of sp³-hybridized carbons (Fsp3) is 0.263. The van der Waals surface area contributed by atoms with Crippen LogP contribution in [0.1, 0.15) is 36.6 Å². The van der Waals surface area contributed by atoms with E-state index in [0.29, 0.717) is 0 Å². The summed E-state index contributed by atoms with van der Waals surface area (Å²) in [6, 6.07) is 8.53. The number of aromatic amines is 1. The van der Waals surface area contributed by atoms with E-state index in [1.54, 1.807) is 17.7 Å². The molecule has 0 bridgehead atoms. The molecule has 6 nitrogen and oxygen atoms in total. The number of rotatable bonds is 5. The number of aryl methyl sites for hydroxylation is 2. The van der Waals surface area contributed by atoms with Gasteiger partial charge in [0.25, 0.3) is 0 Å². The van der Waals surface area contributed by atoms with Crippen molar-refractivity contribution < 1.29 is 0 Å². The van der Waals surface area contributed by atoms with Crippen molar-refractivity contribution in [2.45, 2.75) is 33.2 Å². The van der Waals surface area contributed by atoms with Crippen molar-refractivity contribution in [1.82, 2.24) is 25.1 Å². The summed E-state index contributed by atoms with van der Waals surface area (Å²) >= 11 is 1.63.